The van der Waals surface area contributed by atoms with Gasteiger partial charge in [-0.15, -0.1) is 0 Å². The summed E-state index contributed by atoms with van der Waals surface area (Å²) in [5.74, 6) is -0.694. The zero-order chi connectivity index (χ0) is 14.9. The number of benzene rings is 1. The fourth-order valence-electron chi connectivity index (χ4n) is 2.58. The van der Waals surface area contributed by atoms with Crippen LogP contribution in [0.1, 0.15) is 16.8 Å². The van der Waals surface area contributed by atoms with Crippen LogP contribution in [-0.2, 0) is 0 Å². The van der Waals surface area contributed by atoms with Crippen LogP contribution in [0, 0.1) is 5.82 Å². The lowest BCUT2D eigenvalue weighted by Gasteiger charge is -2.27. The van der Waals surface area contributed by atoms with Gasteiger partial charge in [0.2, 0.25) is 0 Å². The fourth-order valence-corrected chi connectivity index (χ4v) is 3.04. The van der Waals surface area contributed by atoms with Gasteiger partial charge >= 0.3 is 0 Å². The van der Waals surface area contributed by atoms with E-state index in [4.69, 9.17) is 0 Å². The molecule has 1 N–H and O–H groups in total. The van der Waals surface area contributed by atoms with Crippen molar-refractivity contribution in [3.05, 3.63) is 34.1 Å². The number of β-amino-alcohol motifs (C(OH)–C–C–N with tert-alkyl or cyclic N) is 1. The molecule has 0 spiro atoms. The Bertz CT molecular complexity index is 490. The van der Waals surface area contributed by atoms with Gasteiger partial charge in [-0.2, -0.15) is 0 Å². The van der Waals surface area contributed by atoms with Crippen molar-refractivity contribution < 1.29 is 14.3 Å². The van der Waals surface area contributed by atoms with Gasteiger partial charge in [0.15, 0.2) is 0 Å². The number of hydrogen-bond acceptors (Lipinski definition) is 3. The summed E-state index contributed by atoms with van der Waals surface area (Å²) in [4.78, 5) is 16.1. The summed E-state index contributed by atoms with van der Waals surface area (Å²) in [6.45, 7) is 0.977. The lowest BCUT2D eigenvalue weighted by atomic mass is 10.1. The minimum atomic E-state index is -0.513. The van der Waals surface area contributed by atoms with Crippen molar-refractivity contribution >= 4 is 21.8 Å². The minimum absolute atomic E-state index is 0.0467. The summed E-state index contributed by atoms with van der Waals surface area (Å²) < 4.78 is 13.9. The van der Waals surface area contributed by atoms with Gasteiger partial charge in [-0.05, 0) is 38.7 Å². The molecule has 110 valence electrons. The maximum absolute atomic E-state index is 13.4. The average molecular weight is 345 g/mol. The molecule has 4 nitrogen and oxygen atoms in total. The third kappa shape index (κ3) is 3.56. The Labute approximate surface area is 126 Å². The van der Waals surface area contributed by atoms with Crippen molar-refractivity contribution in [2.24, 2.45) is 0 Å². The first kappa shape index (κ1) is 15.4. The average Bonchev–Trinajstić information content (AvgIpc) is 2.67. The minimum Gasteiger partial charge on any atom is -0.391 e. The zero-order valence-corrected chi connectivity index (χ0v) is 13.1. The van der Waals surface area contributed by atoms with E-state index in [1.54, 1.807) is 11.0 Å². The largest absolute Gasteiger partial charge is 0.391 e. The summed E-state index contributed by atoms with van der Waals surface area (Å²) in [5, 5.41) is 9.79. The lowest BCUT2D eigenvalue weighted by Crippen LogP contribution is -2.41. The van der Waals surface area contributed by atoms with Crippen molar-refractivity contribution in [2.45, 2.75) is 18.6 Å². The van der Waals surface area contributed by atoms with Crippen LogP contribution < -0.4 is 0 Å². The van der Waals surface area contributed by atoms with E-state index in [9.17, 15) is 14.3 Å². The van der Waals surface area contributed by atoms with Crippen LogP contribution in [0.2, 0.25) is 0 Å². The van der Waals surface area contributed by atoms with Crippen molar-refractivity contribution in [3.8, 4) is 0 Å². The van der Waals surface area contributed by atoms with Crippen LogP contribution in [0.5, 0.6) is 0 Å². The Morgan fingerprint density at radius 1 is 1.50 bits per heavy atom. The molecule has 1 saturated heterocycles. The maximum Gasteiger partial charge on any atom is 0.254 e. The molecule has 1 aliphatic rings. The van der Waals surface area contributed by atoms with Gasteiger partial charge in [-0.3, -0.25) is 4.79 Å². The highest BCUT2D eigenvalue weighted by Crippen LogP contribution is 2.23. The molecule has 20 heavy (non-hydrogen) atoms. The highest BCUT2D eigenvalue weighted by molar-refractivity contribution is 9.10. The molecule has 0 radical (unpaired) electrons. The number of nitrogens with zero attached hydrogens (tertiary/aromatic N) is 2. The molecule has 1 aromatic carbocycles. The number of likely N-dealkylation sites (tertiary alicyclic amines) is 1. The number of halogens is 2. The van der Waals surface area contributed by atoms with E-state index in [0.29, 0.717) is 29.5 Å². The van der Waals surface area contributed by atoms with Crippen molar-refractivity contribution in [3.63, 3.8) is 0 Å². The molecule has 2 atom stereocenters. The highest BCUT2D eigenvalue weighted by Gasteiger charge is 2.35. The summed E-state index contributed by atoms with van der Waals surface area (Å²) in [6.07, 6.45) is 0.0429. The van der Waals surface area contributed by atoms with Gasteiger partial charge in [0.25, 0.3) is 5.91 Å². The third-order valence-corrected chi connectivity index (χ3v) is 3.80. The van der Waals surface area contributed by atoms with Gasteiger partial charge in [-0.1, -0.05) is 15.9 Å². The van der Waals surface area contributed by atoms with Crippen molar-refractivity contribution in [1.29, 1.82) is 0 Å². The van der Waals surface area contributed by atoms with E-state index in [1.165, 1.54) is 12.1 Å². The highest BCUT2D eigenvalue weighted by atomic mass is 79.9. The molecule has 6 heteroatoms. The van der Waals surface area contributed by atoms with E-state index in [2.05, 4.69) is 15.9 Å². The molecule has 0 saturated carbocycles. The molecule has 1 aromatic rings. The number of amides is 1. The number of carbonyl (C=O) groups is 1. The van der Waals surface area contributed by atoms with E-state index < -0.39 is 11.9 Å². The molecule has 1 heterocycles. The zero-order valence-electron chi connectivity index (χ0n) is 11.5. The van der Waals surface area contributed by atoms with Crippen molar-refractivity contribution in [1.82, 2.24) is 9.80 Å². The van der Waals surface area contributed by atoms with Gasteiger partial charge in [0, 0.05) is 29.2 Å². The Morgan fingerprint density at radius 2 is 2.20 bits per heavy atom. The Kier molecular flexibility index (Phi) is 4.78. The first-order valence-electron chi connectivity index (χ1n) is 6.46. The second-order valence-electron chi connectivity index (χ2n) is 5.42. The molecule has 1 aliphatic heterocycles. The van der Waals surface area contributed by atoms with Gasteiger partial charge in [-0.25, -0.2) is 4.39 Å². The molecule has 1 amide bonds. The Morgan fingerprint density at radius 3 is 2.80 bits per heavy atom. The Balaban J connectivity index is 2.22. The molecule has 0 aromatic heterocycles. The predicted octanol–water partition coefficient (Wildman–Crippen LogP) is 1.73. The van der Waals surface area contributed by atoms with E-state index in [-0.39, 0.29) is 11.9 Å². The normalized spacial score (nSPS) is 22.6. The summed E-state index contributed by atoms with van der Waals surface area (Å²) >= 11 is 3.19. The number of likely N-dealkylation sites (N-methyl/N-ethyl adjacent to an activating group) is 1. The monoisotopic (exact) mass is 344 g/mol. The van der Waals surface area contributed by atoms with E-state index >= 15 is 0 Å². The molecule has 0 aliphatic carbocycles. The number of hydrogen-bond donors (Lipinski definition) is 1. The number of carbonyl (C=O) groups excluding carboxylic acids is 1. The molecule has 2 rings (SSSR count). The summed E-state index contributed by atoms with van der Waals surface area (Å²) in [5.41, 5.74) is 0.301. The third-order valence-electron chi connectivity index (χ3n) is 3.34. The predicted molar refractivity (Wildman–Crippen MR) is 78.1 cm³/mol. The van der Waals surface area contributed by atoms with E-state index in [0.717, 1.165) is 0 Å². The Hall–Kier alpha value is -0.980. The van der Waals surface area contributed by atoms with Gasteiger partial charge in [0.05, 0.1) is 6.10 Å². The number of aliphatic hydroxyl groups excluding tert-OH is 1. The fraction of sp³-hybridized carbons (Fsp3) is 0.500. The first-order valence-corrected chi connectivity index (χ1v) is 7.26. The van der Waals surface area contributed by atoms with Crippen LogP contribution in [0.25, 0.3) is 0 Å². The lowest BCUT2D eigenvalue weighted by molar-refractivity contribution is 0.0698. The summed E-state index contributed by atoms with van der Waals surface area (Å²) in [7, 11) is 3.85. The molecule has 1 fully saturated rings. The molecular formula is C14H18BrFN2O2. The molecular weight excluding hydrogens is 327 g/mol. The van der Waals surface area contributed by atoms with E-state index in [1.807, 2.05) is 19.0 Å². The molecule has 0 bridgehead atoms. The van der Waals surface area contributed by atoms with Gasteiger partial charge < -0.3 is 14.9 Å². The van der Waals surface area contributed by atoms with Crippen LogP contribution in [0.3, 0.4) is 0 Å². The second-order valence-corrected chi connectivity index (χ2v) is 6.34. The second kappa shape index (κ2) is 6.20. The van der Waals surface area contributed by atoms with Crippen LogP contribution in [0.4, 0.5) is 4.39 Å². The van der Waals surface area contributed by atoms with Crippen LogP contribution >= 0.6 is 15.9 Å². The smallest absolute Gasteiger partial charge is 0.254 e. The molecule has 2 unspecified atom stereocenters. The topological polar surface area (TPSA) is 43.8 Å². The maximum atomic E-state index is 13.4. The standard InChI is InChI=1S/C14H18BrFN2O2/c1-17(2)7-12-6-13(19)8-18(12)14(20)9-3-10(15)5-11(16)4-9/h3-5,12-13,19H,6-8H2,1-2H3. The number of rotatable bonds is 3. The van der Waals surface area contributed by atoms with Crippen LogP contribution in [-0.4, -0.2) is 60.1 Å². The quantitative estimate of drug-likeness (QED) is 0.907. The summed E-state index contributed by atoms with van der Waals surface area (Å²) in [6, 6.07) is 4.09. The SMILES string of the molecule is CN(C)CC1CC(O)CN1C(=O)c1cc(F)cc(Br)c1. The van der Waals surface area contributed by atoms with Crippen molar-refractivity contribution in [2.75, 3.05) is 27.2 Å². The first-order chi connectivity index (χ1) is 9.36. The number of aliphatic hydroxyl groups is 1. The van der Waals surface area contributed by atoms with Crippen LogP contribution in [0.15, 0.2) is 22.7 Å². The van der Waals surface area contributed by atoms with Gasteiger partial charge in [0.1, 0.15) is 5.82 Å².